The first-order valence-corrected chi connectivity index (χ1v) is 8.24. The maximum Gasteiger partial charge on any atom is 0.254 e. The molecule has 0 N–H and O–H groups in total. The molecule has 0 saturated heterocycles. The summed E-state index contributed by atoms with van der Waals surface area (Å²) in [6, 6.07) is 2.83. The van der Waals surface area contributed by atoms with Crippen LogP contribution in [0.5, 0.6) is 0 Å². The van der Waals surface area contributed by atoms with Crippen molar-refractivity contribution in [1.82, 2.24) is 24.5 Å². The summed E-state index contributed by atoms with van der Waals surface area (Å²) in [5, 5.41) is 4.29. The van der Waals surface area contributed by atoms with Crippen LogP contribution in [0.3, 0.4) is 0 Å². The Labute approximate surface area is 132 Å². The third kappa shape index (κ3) is 3.21. The van der Waals surface area contributed by atoms with Crippen molar-refractivity contribution in [1.29, 1.82) is 0 Å². The standard InChI is InChI=1S/C16H26N6/c1-13-11-15(22-16(19-13)17-12-18-22)21(3)10-9-20(2)14-7-5-4-6-8-14/h11-12,14H,4-10H2,1-3H3. The zero-order valence-corrected chi connectivity index (χ0v) is 13.9. The molecule has 2 heterocycles. The lowest BCUT2D eigenvalue weighted by atomic mass is 9.94. The Morgan fingerprint density at radius 1 is 1.18 bits per heavy atom. The van der Waals surface area contributed by atoms with Crippen LogP contribution in [0.25, 0.3) is 5.78 Å². The van der Waals surface area contributed by atoms with Gasteiger partial charge in [-0.05, 0) is 26.8 Å². The number of aryl methyl sites for hydroxylation is 1. The molecule has 22 heavy (non-hydrogen) atoms. The third-order valence-corrected chi connectivity index (χ3v) is 4.74. The van der Waals surface area contributed by atoms with Crippen LogP contribution in [-0.2, 0) is 0 Å². The number of aromatic nitrogens is 4. The van der Waals surface area contributed by atoms with Crippen LogP contribution >= 0.6 is 0 Å². The molecule has 1 aliphatic rings. The van der Waals surface area contributed by atoms with Gasteiger partial charge in [-0.2, -0.15) is 14.6 Å². The topological polar surface area (TPSA) is 49.6 Å². The highest BCUT2D eigenvalue weighted by molar-refractivity contribution is 5.46. The highest BCUT2D eigenvalue weighted by atomic mass is 15.4. The first kappa shape index (κ1) is 15.2. The first-order valence-electron chi connectivity index (χ1n) is 8.24. The second-order valence-corrected chi connectivity index (χ2v) is 6.42. The van der Waals surface area contributed by atoms with E-state index in [1.54, 1.807) is 6.33 Å². The van der Waals surface area contributed by atoms with Gasteiger partial charge in [-0.15, -0.1) is 0 Å². The van der Waals surface area contributed by atoms with Crippen LogP contribution in [0.15, 0.2) is 12.4 Å². The monoisotopic (exact) mass is 302 g/mol. The molecule has 2 aromatic rings. The lowest BCUT2D eigenvalue weighted by Crippen LogP contribution is -2.39. The fourth-order valence-electron chi connectivity index (χ4n) is 3.31. The zero-order chi connectivity index (χ0) is 15.5. The Balaban J connectivity index is 1.65. The average Bonchev–Trinajstić information content (AvgIpc) is 3.00. The van der Waals surface area contributed by atoms with E-state index >= 15 is 0 Å². The van der Waals surface area contributed by atoms with Gasteiger partial charge in [-0.25, -0.2) is 4.98 Å². The summed E-state index contributed by atoms with van der Waals surface area (Å²) in [5.41, 5.74) is 0.975. The van der Waals surface area contributed by atoms with E-state index in [0.29, 0.717) is 5.78 Å². The number of likely N-dealkylation sites (N-methyl/N-ethyl adjacent to an activating group) is 2. The normalized spacial score (nSPS) is 16.5. The summed E-state index contributed by atoms with van der Waals surface area (Å²) in [4.78, 5) is 13.4. The van der Waals surface area contributed by atoms with Crippen LogP contribution in [-0.4, -0.2) is 57.7 Å². The minimum Gasteiger partial charge on any atom is -0.358 e. The van der Waals surface area contributed by atoms with Gasteiger partial charge in [0.1, 0.15) is 12.1 Å². The van der Waals surface area contributed by atoms with Crippen LogP contribution < -0.4 is 4.90 Å². The second kappa shape index (κ2) is 6.60. The molecule has 1 fully saturated rings. The first-order chi connectivity index (χ1) is 10.6. The summed E-state index contributed by atoms with van der Waals surface area (Å²) < 4.78 is 1.81. The van der Waals surface area contributed by atoms with Gasteiger partial charge in [0, 0.05) is 37.9 Å². The van der Waals surface area contributed by atoms with E-state index in [2.05, 4.69) is 45.0 Å². The molecule has 6 nitrogen and oxygen atoms in total. The van der Waals surface area contributed by atoms with Crippen molar-refractivity contribution in [2.24, 2.45) is 0 Å². The Morgan fingerprint density at radius 3 is 2.73 bits per heavy atom. The largest absolute Gasteiger partial charge is 0.358 e. The Bertz CT molecular complexity index is 616. The molecule has 1 saturated carbocycles. The molecule has 2 aromatic heterocycles. The van der Waals surface area contributed by atoms with Crippen molar-refractivity contribution in [3.63, 3.8) is 0 Å². The van der Waals surface area contributed by atoms with Crippen LogP contribution in [0.1, 0.15) is 37.8 Å². The highest BCUT2D eigenvalue weighted by Gasteiger charge is 2.18. The minimum atomic E-state index is 0.669. The van der Waals surface area contributed by atoms with E-state index in [9.17, 15) is 0 Å². The van der Waals surface area contributed by atoms with Crippen molar-refractivity contribution in [3.05, 3.63) is 18.1 Å². The van der Waals surface area contributed by atoms with Crippen LogP contribution in [0, 0.1) is 6.92 Å². The molecule has 0 amide bonds. The van der Waals surface area contributed by atoms with E-state index in [1.807, 2.05) is 11.4 Å². The molecule has 6 heteroatoms. The van der Waals surface area contributed by atoms with Gasteiger partial charge < -0.3 is 9.80 Å². The zero-order valence-electron chi connectivity index (χ0n) is 13.9. The predicted octanol–water partition coefficient (Wildman–Crippen LogP) is 2.13. The predicted molar refractivity (Wildman–Crippen MR) is 88.3 cm³/mol. The molecule has 0 aliphatic heterocycles. The van der Waals surface area contributed by atoms with E-state index in [4.69, 9.17) is 0 Å². The molecule has 1 aliphatic carbocycles. The molecule has 3 rings (SSSR count). The highest BCUT2D eigenvalue weighted by Crippen LogP contribution is 2.21. The number of hydrogen-bond acceptors (Lipinski definition) is 5. The molecule has 120 valence electrons. The van der Waals surface area contributed by atoms with Gasteiger partial charge in [0.05, 0.1) is 0 Å². The smallest absolute Gasteiger partial charge is 0.254 e. The summed E-state index contributed by atoms with van der Waals surface area (Å²) in [6.07, 6.45) is 8.43. The molecule has 0 aromatic carbocycles. The van der Waals surface area contributed by atoms with Gasteiger partial charge in [0.15, 0.2) is 0 Å². The summed E-state index contributed by atoms with van der Waals surface area (Å²) >= 11 is 0. The van der Waals surface area contributed by atoms with Gasteiger partial charge in [-0.3, -0.25) is 0 Å². The van der Waals surface area contributed by atoms with Crippen molar-refractivity contribution in [3.8, 4) is 0 Å². The van der Waals surface area contributed by atoms with E-state index in [0.717, 1.165) is 30.6 Å². The second-order valence-electron chi connectivity index (χ2n) is 6.42. The SMILES string of the molecule is Cc1cc(N(C)CCN(C)C2CCCCC2)n2ncnc2n1. The number of nitrogens with zero attached hydrogens (tertiary/aromatic N) is 6. The Hall–Kier alpha value is -1.69. The molecule has 0 atom stereocenters. The number of rotatable bonds is 5. The minimum absolute atomic E-state index is 0.669. The van der Waals surface area contributed by atoms with Crippen LogP contribution in [0.2, 0.25) is 0 Å². The molecule has 0 spiro atoms. The lowest BCUT2D eigenvalue weighted by molar-refractivity contribution is 0.196. The van der Waals surface area contributed by atoms with Gasteiger partial charge in [0.25, 0.3) is 5.78 Å². The van der Waals surface area contributed by atoms with Crippen molar-refractivity contribution >= 4 is 11.6 Å². The van der Waals surface area contributed by atoms with Crippen molar-refractivity contribution in [2.45, 2.75) is 45.1 Å². The number of fused-ring (bicyclic) bond motifs is 1. The van der Waals surface area contributed by atoms with Crippen LogP contribution in [0.4, 0.5) is 5.82 Å². The van der Waals surface area contributed by atoms with E-state index in [-0.39, 0.29) is 0 Å². The van der Waals surface area contributed by atoms with Gasteiger partial charge in [-0.1, -0.05) is 19.3 Å². The molecule has 0 unspecified atom stereocenters. The Kier molecular flexibility index (Phi) is 4.57. The number of anilines is 1. The van der Waals surface area contributed by atoms with E-state index < -0.39 is 0 Å². The summed E-state index contributed by atoms with van der Waals surface area (Å²) in [7, 11) is 4.37. The molecular formula is C16H26N6. The van der Waals surface area contributed by atoms with Crippen molar-refractivity contribution < 1.29 is 0 Å². The summed E-state index contributed by atoms with van der Waals surface area (Å²) in [5.74, 6) is 1.72. The average molecular weight is 302 g/mol. The van der Waals surface area contributed by atoms with Gasteiger partial charge in [0.2, 0.25) is 0 Å². The maximum absolute atomic E-state index is 4.40. The lowest BCUT2D eigenvalue weighted by Gasteiger charge is -2.32. The Morgan fingerprint density at radius 2 is 1.95 bits per heavy atom. The van der Waals surface area contributed by atoms with Gasteiger partial charge >= 0.3 is 0 Å². The third-order valence-electron chi connectivity index (χ3n) is 4.74. The fraction of sp³-hybridized carbons (Fsp3) is 0.688. The van der Waals surface area contributed by atoms with E-state index in [1.165, 1.54) is 32.1 Å². The number of hydrogen-bond donors (Lipinski definition) is 0. The molecule has 0 bridgehead atoms. The van der Waals surface area contributed by atoms with Crippen molar-refractivity contribution in [2.75, 3.05) is 32.1 Å². The summed E-state index contributed by atoms with van der Waals surface area (Å²) in [6.45, 7) is 4.05. The fourth-order valence-corrected chi connectivity index (χ4v) is 3.31. The molecule has 0 radical (unpaired) electrons. The maximum atomic E-state index is 4.40. The molecular weight excluding hydrogens is 276 g/mol. The quantitative estimate of drug-likeness (QED) is 0.847.